The highest BCUT2D eigenvalue weighted by atomic mass is 19.4. The van der Waals surface area contributed by atoms with Crippen LogP contribution in [0.3, 0.4) is 0 Å². The molecule has 12 heavy (non-hydrogen) atoms. The summed E-state index contributed by atoms with van der Waals surface area (Å²) < 4.78 is 40.4. The van der Waals surface area contributed by atoms with E-state index in [1.165, 1.54) is 6.92 Å². The minimum Gasteiger partial charge on any atom is -0.458 e. The van der Waals surface area contributed by atoms with Crippen LogP contribution in [0, 0.1) is 0 Å². The van der Waals surface area contributed by atoms with E-state index in [0.717, 1.165) is 0 Å². The highest BCUT2D eigenvalue weighted by Crippen LogP contribution is 2.16. The molecule has 0 radical (unpaired) electrons. The van der Waals surface area contributed by atoms with Crippen LogP contribution in [0.5, 0.6) is 0 Å². The second-order valence-corrected chi connectivity index (χ2v) is 1.56. The van der Waals surface area contributed by atoms with Crippen molar-refractivity contribution in [1.82, 2.24) is 0 Å². The number of carbonyl (C=O) groups is 2. The quantitative estimate of drug-likeness (QED) is 0.444. The lowest BCUT2D eigenvalue weighted by Gasteiger charge is -2.05. The second-order valence-electron chi connectivity index (χ2n) is 1.56. The zero-order valence-corrected chi connectivity index (χ0v) is 5.97. The number of ether oxygens (including phenoxy) is 2. The Balaban J connectivity index is 3.97. The smallest absolute Gasteiger partial charge is 0.458 e. The van der Waals surface area contributed by atoms with E-state index in [-0.39, 0.29) is 6.61 Å². The maximum atomic E-state index is 11.3. The van der Waals surface area contributed by atoms with E-state index >= 15 is 0 Å². The molecule has 0 aliphatic heterocycles. The summed E-state index contributed by atoms with van der Waals surface area (Å²) in [7, 11) is 0. The summed E-state index contributed by atoms with van der Waals surface area (Å²) in [4.78, 5) is 20.4. The van der Waals surface area contributed by atoms with E-state index in [1.54, 1.807) is 0 Å². The number of alkyl halides is 3. The summed E-state index contributed by atoms with van der Waals surface area (Å²) in [5.41, 5.74) is 0. The second kappa shape index (κ2) is 3.93. The summed E-state index contributed by atoms with van der Waals surface area (Å²) >= 11 is 0. The maximum Gasteiger partial charge on any atom is 0.575 e. The van der Waals surface area contributed by atoms with Crippen LogP contribution in [0.4, 0.5) is 13.2 Å². The topological polar surface area (TPSA) is 52.6 Å². The number of esters is 2. The average Bonchev–Trinajstić information content (AvgIpc) is 1.84. The minimum atomic E-state index is -5.15. The molecule has 0 N–H and O–H groups in total. The van der Waals surface area contributed by atoms with Gasteiger partial charge in [0.15, 0.2) is 0 Å². The van der Waals surface area contributed by atoms with Gasteiger partial charge in [-0.3, -0.25) is 0 Å². The maximum absolute atomic E-state index is 11.3. The summed E-state index contributed by atoms with van der Waals surface area (Å²) in [6, 6.07) is 0. The van der Waals surface area contributed by atoms with Gasteiger partial charge in [0.25, 0.3) is 0 Å². The summed E-state index contributed by atoms with van der Waals surface area (Å²) in [5.74, 6) is -3.72. The van der Waals surface area contributed by atoms with E-state index in [9.17, 15) is 22.8 Å². The fraction of sp³-hybridized carbons (Fsp3) is 0.600. The molecule has 70 valence electrons. The molecule has 0 unspecified atom stereocenters. The van der Waals surface area contributed by atoms with Crippen LogP contribution in [0.2, 0.25) is 0 Å². The number of rotatable bonds is 1. The standard InChI is InChI=1S/C5H5F3O4/c1-2-11-3(9)4(10)12-5(6,7)8/h2H2,1H3. The molecule has 0 aromatic carbocycles. The molecule has 0 amide bonds. The van der Waals surface area contributed by atoms with E-state index in [0.29, 0.717) is 0 Å². The van der Waals surface area contributed by atoms with Gasteiger partial charge in [0.1, 0.15) is 0 Å². The van der Waals surface area contributed by atoms with E-state index in [2.05, 4.69) is 9.47 Å². The molecule has 0 heterocycles. The van der Waals surface area contributed by atoms with E-state index in [4.69, 9.17) is 0 Å². The fourth-order valence-electron chi connectivity index (χ4n) is 0.337. The zero-order valence-electron chi connectivity index (χ0n) is 5.97. The Labute approximate surface area is 65.2 Å². The van der Waals surface area contributed by atoms with Crippen LogP contribution in [0.25, 0.3) is 0 Å². The first-order valence-electron chi connectivity index (χ1n) is 2.83. The monoisotopic (exact) mass is 186 g/mol. The lowest BCUT2D eigenvalue weighted by Crippen LogP contribution is -2.27. The summed E-state index contributed by atoms with van der Waals surface area (Å²) in [5, 5.41) is 0. The Morgan fingerprint density at radius 1 is 1.25 bits per heavy atom. The van der Waals surface area contributed by atoms with Gasteiger partial charge >= 0.3 is 18.3 Å². The molecule has 0 atom stereocenters. The molecular weight excluding hydrogens is 181 g/mol. The van der Waals surface area contributed by atoms with Crippen molar-refractivity contribution in [3.8, 4) is 0 Å². The van der Waals surface area contributed by atoms with E-state index < -0.39 is 18.3 Å². The molecule has 0 aromatic heterocycles. The van der Waals surface area contributed by atoms with Crippen LogP contribution < -0.4 is 0 Å². The van der Waals surface area contributed by atoms with E-state index in [1.807, 2.05) is 0 Å². The zero-order chi connectivity index (χ0) is 9.78. The largest absolute Gasteiger partial charge is 0.575 e. The number of hydrogen-bond donors (Lipinski definition) is 0. The first-order valence-corrected chi connectivity index (χ1v) is 2.83. The van der Waals surface area contributed by atoms with Crippen LogP contribution >= 0.6 is 0 Å². The molecule has 0 aliphatic rings. The van der Waals surface area contributed by atoms with Crippen molar-refractivity contribution in [3.63, 3.8) is 0 Å². The number of carbonyl (C=O) groups excluding carboxylic acids is 2. The number of hydrogen-bond acceptors (Lipinski definition) is 4. The molecule has 0 saturated heterocycles. The molecular formula is C5H5F3O4. The molecule has 4 nitrogen and oxygen atoms in total. The van der Waals surface area contributed by atoms with Crippen LogP contribution in [-0.4, -0.2) is 24.9 Å². The molecule has 0 saturated carbocycles. The third kappa shape index (κ3) is 4.53. The molecule has 0 aliphatic carbocycles. The molecule has 0 bridgehead atoms. The third-order valence-electron chi connectivity index (χ3n) is 0.651. The molecule has 0 spiro atoms. The Morgan fingerprint density at radius 2 is 1.75 bits per heavy atom. The average molecular weight is 186 g/mol. The lowest BCUT2D eigenvalue weighted by atomic mass is 10.7. The minimum absolute atomic E-state index is 0.189. The molecule has 0 aromatic rings. The SMILES string of the molecule is CCOC(=O)C(=O)OC(F)(F)F. The molecule has 7 heteroatoms. The highest BCUT2D eigenvalue weighted by molar-refractivity contribution is 6.29. The number of halogens is 3. The summed E-state index contributed by atoms with van der Waals surface area (Å²) in [6.45, 7) is 1.16. The highest BCUT2D eigenvalue weighted by Gasteiger charge is 2.37. The van der Waals surface area contributed by atoms with Gasteiger partial charge in [0.2, 0.25) is 0 Å². The van der Waals surface area contributed by atoms with Crippen molar-refractivity contribution >= 4 is 11.9 Å². The van der Waals surface area contributed by atoms with Crippen molar-refractivity contribution in [3.05, 3.63) is 0 Å². The van der Waals surface area contributed by atoms with Crippen LogP contribution in [0.15, 0.2) is 0 Å². The van der Waals surface area contributed by atoms with Gasteiger partial charge < -0.3 is 9.47 Å². The van der Waals surface area contributed by atoms with Crippen LogP contribution in [0.1, 0.15) is 6.92 Å². The van der Waals surface area contributed by atoms with Crippen molar-refractivity contribution in [1.29, 1.82) is 0 Å². The van der Waals surface area contributed by atoms with Crippen LogP contribution in [-0.2, 0) is 19.1 Å². The Hall–Kier alpha value is -1.27. The van der Waals surface area contributed by atoms with Crippen molar-refractivity contribution < 1.29 is 32.2 Å². The molecule has 0 rings (SSSR count). The summed E-state index contributed by atoms with van der Waals surface area (Å²) in [6.07, 6.45) is -5.15. The van der Waals surface area contributed by atoms with Crippen molar-refractivity contribution in [2.75, 3.05) is 6.61 Å². The van der Waals surface area contributed by atoms with Crippen molar-refractivity contribution in [2.45, 2.75) is 13.3 Å². The lowest BCUT2D eigenvalue weighted by molar-refractivity contribution is -0.305. The van der Waals surface area contributed by atoms with Gasteiger partial charge in [-0.25, -0.2) is 9.59 Å². The predicted molar refractivity (Wildman–Crippen MR) is 28.8 cm³/mol. The first kappa shape index (κ1) is 10.7. The third-order valence-corrected chi connectivity index (χ3v) is 0.651. The van der Waals surface area contributed by atoms with Gasteiger partial charge in [-0.2, -0.15) is 0 Å². The van der Waals surface area contributed by atoms with Crippen molar-refractivity contribution in [2.24, 2.45) is 0 Å². The Bertz CT molecular complexity index is 186. The fourth-order valence-corrected chi connectivity index (χ4v) is 0.337. The van der Waals surface area contributed by atoms with Gasteiger partial charge in [0.05, 0.1) is 6.61 Å². The Kier molecular flexibility index (Phi) is 3.52. The molecule has 0 fully saturated rings. The first-order chi connectivity index (χ1) is 5.37. The van der Waals surface area contributed by atoms with Gasteiger partial charge in [-0.05, 0) is 6.92 Å². The normalized spacial score (nSPS) is 10.7. The van der Waals surface area contributed by atoms with Gasteiger partial charge in [-0.15, -0.1) is 13.2 Å². The predicted octanol–water partition coefficient (Wildman–Crippen LogP) is 0.612. The van der Waals surface area contributed by atoms with Gasteiger partial charge in [-0.1, -0.05) is 0 Å². The Morgan fingerprint density at radius 3 is 2.08 bits per heavy atom. The van der Waals surface area contributed by atoms with Gasteiger partial charge in [0, 0.05) is 0 Å².